The van der Waals surface area contributed by atoms with Gasteiger partial charge in [0.1, 0.15) is 0 Å². The van der Waals surface area contributed by atoms with E-state index >= 15 is 0 Å². The number of rotatable bonds is 4. The number of hydrogen-bond acceptors (Lipinski definition) is 8. The Morgan fingerprint density at radius 3 is 2.50 bits per heavy atom. The fourth-order valence-corrected chi connectivity index (χ4v) is 2.57. The molecule has 2 aromatic rings. The molecule has 0 unspecified atom stereocenters. The molecular weight excluding hydrogens is 314 g/mol. The lowest BCUT2D eigenvalue weighted by Crippen LogP contribution is -2.41. The zero-order valence-corrected chi connectivity index (χ0v) is 13.5. The highest BCUT2D eigenvalue weighted by atomic mass is 16.5. The Labute approximate surface area is 138 Å². The Bertz CT molecular complexity index is 761. The number of anilines is 1. The standard InChI is InChI=1S/C15H19N5O4/c1-22-11-7-9-10(8-12(11)23-2)17-14(18-13(9)19-16)15(21)20-3-5-24-6-4-20/h7-8H,3-6,16H2,1-2H3,(H,17,18,19). The number of fused-ring (bicyclic) bond motifs is 1. The van der Waals surface area contributed by atoms with E-state index in [-0.39, 0.29) is 11.7 Å². The lowest BCUT2D eigenvalue weighted by Gasteiger charge is -2.26. The first kappa shape index (κ1) is 16.2. The van der Waals surface area contributed by atoms with Crippen molar-refractivity contribution in [2.45, 2.75) is 0 Å². The lowest BCUT2D eigenvalue weighted by molar-refractivity contribution is 0.0295. The molecule has 0 atom stereocenters. The highest BCUT2D eigenvalue weighted by molar-refractivity contribution is 5.97. The molecule has 1 saturated heterocycles. The molecule has 1 aliphatic rings. The van der Waals surface area contributed by atoms with Crippen molar-refractivity contribution < 1.29 is 19.0 Å². The number of aromatic nitrogens is 2. The molecule has 1 amide bonds. The van der Waals surface area contributed by atoms with Crippen molar-refractivity contribution in [2.24, 2.45) is 5.84 Å². The van der Waals surface area contributed by atoms with E-state index < -0.39 is 0 Å². The van der Waals surface area contributed by atoms with Gasteiger partial charge in [-0.3, -0.25) is 4.79 Å². The van der Waals surface area contributed by atoms with Crippen molar-refractivity contribution >= 4 is 22.6 Å². The summed E-state index contributed by atoms with van der Waals surface area (Å²) in [6.07, 6.45) is 0. The number of carbonyl (C=O) groups is 1. The monoisotopic (exact) mass is 333 g/mol. The fourth-order valence-electron chi connectivity index (χ4n) is 2.57. The molecule has 1 aromatic heterocycles. The van der Waals surface area contributed by atoms with Gasteiger partial charge in [-0.2, -0.15) is 0 Å². The van der Waals surface area contributed by atoms with Gasteiger partial charge in [0, 0.05) is 24.5 Å². The summed E-state index contributed by atoms with van der Waals surface area (Å²) in [5, 5.41) is 0.633. The van der Waals surface area contributed by atoms with Crippen LogP contribution in [0.25, 0.3) is 10.9 Å². The predicted octanol–water partition coefficient (Wildman–Crippen LogP) is 0.405. The average Bonchev–Trinajstić information content (AvgIpc) is 2.65. The molecule has 0 radical (unpaired) electrons. The molecule has 128 valence electrons. The molecule has 0 saturated carbocycles. The van der Waals surface area contributed by atoms with Crippen LogP contribution in [-0.4, -0.2) is 61.3 Å². The van der Waals surface area contributed by atoms with Crippen molar-refractivity contribution in [1.82, 2.24) is 14.9 Å². The van der Waals surface area contributed by atoms with Gasteiger partial charge < -0.3 is 24.5 Å². The summed E-state index contributed by atoms with van der Waals surface area (Å²) in [6, 6.07) is 3.40. The number of benzene rings is 1. The number of nitrogens with zero attached hydrogens (tertiary/aromatic N) is 3. The van der Waals surface area contributed by atoms with Crippen LogP contribution in [0, 0.1) is 0 Å². The lowest BCUT2D eigenvalue weighted by atomic mass is 10.2. The second kappa shape index (κ2) is 6.85. The number of morpholine rings is 1. The Kier molecular flexibility index (Phi) is 4.63. The number of nitrogens with two attached hydrogens (primary N) is 1. The van der Waals surface area contributed by atoms with Crippen molar-refractivity contribution in [2.75, 3.05) is 45.9 Å². The van der Waals surface area contributed by atoms with Gasteiger partial charge in [0.05, 0.1) is 33.0 Å². The van der Waals surface area contributed by atoms with Crippen molar-refractivity contribution in [3.8, 4) is 11.5 Å². The zero-order chi connectivity index (χ0) is 17.1. The van der Waals surface area contributed by atoms with Crippen LogP contribution in [0.5, 0.6) is 11.5 Å². The van der Waals surface area contributed by atoms with Crippen LogP contribution < -0.4 is 20.7 Å². The van der Waals surface area contributed by atoms with E-state index in [1.165, 1.54) is 14.2 Å². The van der Waals surface area contributed by atoms with Gasteiger partial charge >= 0.3 is 0 Å². The Morgan fingerprint density at radius 1 is 1.21 bits per heavy atom. The van der Waals surface area contributed by atoms with Crippen molar-refractivity contribution in [1.29, 1.82) is 0 Å². The minimum atomic E-state index is -0.258. The summed E-state index contributed by atoms with van der Waals surface area (Å²) in [7, 11) is 3.07. The van der Waals surface area contributed by atoms with Gasteiger partial charge in [-0.15, -0.1) is 0 Å². The third kappa shape index (κ3) is 2.91. The van der Waals surface area contributed by atoms with Crippen LogP contribution in [-0.2, 0) is 4.74 Å². The zero-order valence-electron chi connectivity index (χ0n) is 13.5. The summed E-state index contributed by atoms with van der Waals surface area (Å²) < 4.78 is 15.8. The number of ether oxygens (including phenoxy) is 3. The quantitative estimate of drug-likeness (QED) is 0.611. The number of carbonyl (C=O) groups excluding carboxylic acids is 1. The van der Waals surface area contributed by atoms with Gasteiger partial charge in [-0.1, -0.05) is 0 Å². The maximum Gasteiger partial charge on any atom is 0.291 e. The maximum atomic E-state index is 12.6. The molecular formula is C15H19N5O4. The maximum absolute atomic E-state index is 12.6. The molecule has 1 aromatic carbocycles. The fraction of sp³-hybridized carbons (Fsp3) is 0.400. The minimum absolute atomic E-state index is 0.0737. The van der Waals surface area contributed by atoms with Gasteiger partial charge in [-0.05, 0) is 6.07 Å². The van der Waals surface area contributed by atoms with Gasteiger partial charge in [0.2, 0.25) is 5.82 Å². The van der Waals surface area contributed by atoms with Crippen LogP contribution in [0.3, 0.4) is 0 Å². The molecule has 24 heavy (non-hydrogen) atoms. The molecule has 1 fully saturated rings. The third-order valence-corrected chi connectivity index (χ3v) is 3.83. The molecule has 1 aliphatic heterocycles. The largest absolute Gasteiger partial charge is 0.493 e. The SMILES string of the molecule is COc1cc2nc(C(=O)N3CCOCC3)nc(NN)c2cc1OC. The summed E-state index contributed by atoms with van der Waals surface area (Å²) in [4.78, 5) is 22.9. The van der Waals surface area contributed by atoms with Crippen LogP contribution in [0.15, 0.2) is 12.1 Å². The van der Waals surface area contributed by atoms with Gasteiger partial charge in [-0.25, -0.2) is 15.8 Å². The molecule has 3 N–H and O–H groups in total. The third-order valence-electron chi connectivity index (χ3n) is 3.83. The molecule has 0 spiro atoms. The first-order valence-electron chi connectivity index (χ1n) is 7.45. The number of methoxy groups -OCH3 is 2. The summed E-state index contributed by atoms with van der Waals surface area (Å²) in [6.45, 7) is 2.04. The van der Waals surface area contributed by atoms with E-state index in [4.69, 9.17) is 20.1 Å². The van der Waals surface area contributed by atoms with Crippen molar-refractivity contribution in [3.05, 3.63) is 18.0 Å². The second-order valence-corrected chi connectivity index (χ2v) is 5.17. The predicted molar refractivity (Wildman–Crippen MR) is 87.2 cm³/mol. The number of nitrogens with one attached hydrogen (secondary N) is 1. The van der Waals surface area contributed by atoms with Gasteiger partial charge in [0.25, 0.3) is 5.91 Å². The number of hydrogen-bond donors (Lipinski definition) is 2. The Morgan fingerprint density at radius 2 is 1.88 bits per heavy atom. The summed E-state index contributed by atoms with van der Waals surface area (Å²) in [5.41, 5.74) is 3.05. The van der Waals surface area contributed by atoms with Crippen LogP contribution in [0.4, 0.5) is 5.82 Å². The normalized spacial score (nSPS) is 14.5. The number of nitrogen functional groups attached to an aromatic ring is 1. The van der Waals surface area contributed by atoms with E-state index in [1.807, 2.05) is 0 Å². The second-order valence-electron chi connectivity index (χ2n) is 5.17. The van der Waals surface area contributed by atoms with Gasteiger partial charge in [0.15, 0.2) is 17.3 Å². The van der Waals surface area contributed by atoms with Crippen LogP contribution >= 0.6 is 0 Å². The van der Waals surface area contributed by atoms with E-state index in [0.29, 0.717) is 54.5 Å². The summed E-state index contributed by atoms with van der Waals surface area (Å²) >= 11 is 0. The minimum Gasteiger partial charge on any atom is -0.493 e. The highest BCUT2D eigenvalue weighted by Crippen LogP contribution is 2.33. The van der Waals surface area contributed by atoms with Crippen LogP contribution in [0.1, 0.15) is 10.6 Å². The Hall–Kier alpha value is -2.65. The average molecular weight is 333 g/mol. The molecule has 9 heteroatoms. The smallest absolute Gasteiger partial charge is 0.291 e. The van der Waals surface area contributed by atoms with E-state index in [0.717, 1.165) is 0 Å². The molecule has 3 rings (SSSR count). The molecule has 0 bridgehead atoms. The van der Waals surface area contributed by atoms with E-state index in [2.05, 4.69) is 15.4 Å². The van der Waals surface area contributed by atoms with E-state index in [9.17, 15) is 4.79 Å². The first-order valence-corrected chi connectivity index (χ1v) is 7.45. The summed E-state index contributed by atoms with van der Waals surface area (Å²) in [5.74, 6) is 6.76. The molecule has 2 heterocycles. The topological polar surface area (TPSA) is 112 Å². The van der Waals surface area contributed by atoms with Crippen molar-refractivity contribution in [3.63, 3.8) is 0 Å². The molecule has 0 aliphatic carbocycles. The van der Waals surface area contributed by atoms with E-state index in [1.54, 1.807) is 17.0 Å². The molecule has 9 nitrogen and oxygen atoms in total. The first-order chi connectivity index (χ1) is 11.7. The highest BCUT2D eigenvalue weighted by Gasteiger charge is 2.23. The van der Waals surface area contributed by atoms with Crippen LogP contribution in [0.2, 0.25) is 0 Å². The number of hydrazine groups is 1. The number of amides is 1. The Balaban J connectivity index is 2.08.